The number of hydrogen-bond donors (Lipinski definition) is 3. The van der Waals surface area contributed by atoms with E-state index in [0.717, 1.165) is 19.5 Å². The molecule has 0 aliphatic carbocycles. The summed E-state index contributed by atoms with van der Waals surface area (Å²) in [5.74, 6) is -0.187. The molecule has 7 heteroatoms. The summed E-state index contributed by atoms with van der Waals surface area (Å²) >= 11 is 0. The average Bonchev–Trinajstić information content (AvgIpc) is 3.08. The molecule has 1 aromatic rings. The summed E-state index contributed by atoms with van der Waals surface area (Å²) in [6.07, 6.45) is 3.06. The number of halogens is 1. The maximum absolute atomic E-state index is 14.2. The molecule has 104 valence electrons. The van der Waals surface area contributed by atoms with Gasteiger partial charge in [0.2, 0.25) is 5.67 Å². The Balaban J connectivity index is 1.65. The number of hydrogen-bond acceptors (Lipinski definition) is 4. The van der Waals surface area contributed by atoms with Crippen molar-refractivity contribution in [1.29, 1.82) is 0 Å². The van der Waals surface area contributed by atoms with Gasteiger partial charge in [-0.2, -0.15) is 5.10 Å². The number of carbonyl (C=O) groups excluding carboxylic acids is 1. The first kappa shape index (κ1) is 12.6. The highest BCUT2D eigenvalue weighted by Crippen LogP contribution is 2.22. The van der Waals surface area contributed by atoms with Crippen molar-refractivity contribution in [2.45, 2.75) is 24.6 Å². The Hall–Kier alpha value is -1.47. The van der Waals surface area contributed by atoms with E-state index in [1.807, 2.05) is 10.9 Å². The van der Waals surface area contributed by atoms with Gasteiger partial charge in [-0.15, -0.1) is 0 Å². The van der Waals surface area contributed by atoms with Crippen LogP contribution in [0.2, 0.25) is 0 Å². The number of alkyl halides is 1. The molecule has 0 unspecified atom stereocenters. The minimum atomic E-state index is -1.81. The molecule has 1 aromatic heterocycles. The molecule has 6 nitrogen and oxygen atoms in total. The largest absolute Gasteiger partial charge is 0.315 e. The van der Waals surface area contributed by atoms with Gasteiger partial charge in [0.25, 0.3) is 5.91 Å². The van der Waals surface area contributed by atoms with Crippen molar-refractivity contribution in [3.8, 4) is 0 Å². The summed E-state index contributed by atoms with van der Waals surface area (Å²) in [5, 5.41) is 13.0. The second kappa shape index (κ2) is 4.90. The van der Waals surface area contributed by atoms with Gasteiger partial charge < -0.3 is 16.0 Å². The van der Waals surface area contributed by atoms with Crippen LogP contribution in [0.25, 0.3) is 0 Å². The van der Waals surface area contributed by atoms with E-state index >= 15 is 0 Å². The van der Waals surface area contributed by atoms with Gasteiger partial charge in [-0.1, -0.05) is 0 Å². The van der Waals surface area contributed by atoms with Crippen LogP contribution in [0.5, 0.6) is 0 Å². The summed E-state index contributed by atoms with van der Waals surface area (Å²) in [7, 11) is 0. The molecular formula is C12H18FN5O. The van der Waals surface area contributed by atoms with Crippen LogP contribution in [0, 0.1) is 0 Å². The molecule has 0 saturated carbocycles. The standard InChI is InChI=1S/C12H18FN5O/c13-12(3-5-15-8-12)11(19)16-10-2-6-18(17-10)9-1-4-14-7-9/h2,6,9,14-15H,1,3-5,7-8H2,(H,16,17,19)/t9-,12+/m1/s1. The highest BCUT2D eigenvalue weighted by Gasteiger charge is 2.41. The summed E-state index contributed by atoms with van der Waals surface area (Å²) in [6.45, 7) is 2.47. The van der Waals surface area contributed by atoms with Gasteiger partial charge in [-0.3, -0.25) is 9.48 Å². The number of amides is 1. The average molecular weight is 267 g/mol. The van der Waals surface area contributed by atoms with Gasteiger partial charge in [-0.05, 0) is 19.5 Å². The van der Waals surface area contributed by atoms with Crippen LogP contribution in [0.3, 0.4) is 0 Å². The third-order valence-electron chi connectivity index (χ3n) is 3.77. The van der Waals surface area contributed by atoms with Gasteiger partial charge in [0.15, 0.2) is 5.82 Å². The highest BCUT2D eigenvalue weighted by molar-refractivity contribution is 5.97. The highest BCUT2D eigenvalue weighted by atomic mass is 19.1. The molecule has 19 heavy (non-hydrogen) atoms. The Morgan fingerprint density at radius 1 is 1.53 bits per heavy atom. The molecule has 2 fully saturated rings. The predicted molar refractivity (Wildman–Crippen MR) is 68.7 cm³/mol. The van der Waals surface area contributed by atoms with E-state index < -0.39 is 11.6 Å². The molecule has 1 amide bonds. The zero-order valence-electron chi connectivity index (χ0n) is 10.7. The van der Waals surface area contributed by atoms with E-state index in [-0.39, 0.29) is 13.0 Å². The topological polar surface area (TPSA) is 71.0 Å². The van der Waals surface area contributed by atoms with Gasteiger partial charge in [-0.25, -0.2) is 4.39 Å². The molecule has 2 atom stereocenters. The van der Waals surface area contributed by atoms with Crippen LogP contribution in [-0.2, 0) is 4.79 Å². The van der Waals surface area contributed by atoms with E-state index in [1.165, 1.54) is 0 Å². The summed E-state index contributed by atoms with van der Waals surface area (Å²) in [4.78, 5) is 11.9. The van der Waals surface area contributed by atoms with Crippen molar-refractivity contribution in [1.82, 2.24) is 20.4 Å². The molecule has 0 bridgehead atoms. The summed E-state index contributed by atoms with van der Waals surface area (Å²) in [6, 6.07) is 2.03. The van der Waals surface area contributed by atoms with Crippen LogP contribution in [-0.4, -0.2) is 47.5 Å². The maximum atomic E-state index is 14.2. The van der Waals surface area contributed by atoms with Crippen LogP contribution in [0.1, 0.15) is 18.9 Å². The SMILES string of the molecule is O=C(Nc1ccn([C@@H]2CCNC2)n1)[C@]1(F)CCNC1. The minimum Gasteiger partial charge on any atom is -0.315 e. The molecule has 0 aromatic carbocycles. The number of aromatic nitrogens is 2. The number of rotatable bonds is 3. The molecule has 2 aliphatic rings. The fourth-order valence-electron chi connectivity index (χ4n) is 2.56. The van der Waals surface area contributed by atoms with E-state index in [9.17, 15) is 9.18 Å². The minimum absolute atomic E-state index is 0.0755. The van der Waals surface area contributed by atoms with Crippen molar-refractivity contribution < 1.29 is 9.18 Å². The molecule has 2 aliphatic heterocycles. The van der Waals surface area contributed by atoms with E-state index in [2.05, 4.69) is 21.0 Å². The number of nitrogens with zero attached hydrogens (tertiary/aromatic N) is 2. The third kappa shape index (κ3) is 2.48. The third-order valence-corrected chi connectivity index (χ3v) is 3.77. The zero-order chi connectivity index (χ0) is 13.3. The lowest BCUT2D eigenvalue weighted by Crippen LogP contribution is -2.40. The monoisotopic (exact) mass is 267 g/mol. The quantitative estimate of drug-likeness (QED) is 0.724. The van der Waals surface area contributed by atoms with E-state index in [1.54, 1.807) is 6.07 Å². The Labute approximate surface area is 110 Å². The Bertz CT molecular complexity index is 462. The normalized spacial score (nSPS) is 30.7. The molecular weight excluding hydrogens is 249 g/mol. The predicted octanol–water partition coefficient (Wildman–Crippen LogP) is 0.0576. The first-order valence-corrected chi connectivity index (χ1v) is 6.64. The number of anilines is 1. The van der Waals surface area contributed by atoms with Crippen molar-refractivity contribution >= 4 is 11.7 Å². The Morgan fingerprint density at radius 3 is 3.11 bits per heavy atom. The second-order valence-electron chi connectivity index (χ2n) is 5.17. The van der Waals surface area contributed by atoms with Crippen LogP contribution < -0.4 is 16.0 Å². The second-order valence-corrected chi connectivity index (χ2v) is 5.17. The number of carbonyl (C=O) groups is 1. The zero-order valence-corrected chi connectivity index (χ0v) is 10.7. The van der Waals surface area contributed by atoms with E-state index in [4.69, 9.17) is 0 Å². The van der Waals surface area contributed by atoms with Gasteiger partial charge in [0.05, 0.1) is 6.04 Å². The summed E-state index contributed by atoms with van der Waals surface area (Å²) < 4.78 is 16.0. The Morgan fingerprint density at radius 2 is 2.42 bits per heavy atom. The lowest BCUT2D eigenvalue weighted by atomic mass is 10.1. The molecule has 3 heterocycles. The molecule has 0 radical (unpaired) electrons. The lowest BCUT2D eigenvalue weighted by Gasteiger charge is -2.16. The number of nitrogens with one attached hydrogen (secondary N) is 3. The van der Waals surface area contributed by atoms with Crippen molar-refractivity contribution in [2.24, 2.45) is 0 Å². The van der Waals surface area contributed by atoms with Crippen LogP contribution in [0.4, 0.5) is 10.2 Å². The van der Waals surface area contributed by atoms with Crippen LogP contribution in [0.15, 0.2) is 12.3 Å². The fraction of sp³-hybridized carbons (Fsp3) is 0.667. The molecule has 3 rings (SSSR count). The molecule has 0 spiro atoms. The van der Waals surface area contributed by atoms with E-state index in [0.29, 0.717) is 18.4 Å². The van der Waals surface area contributed by atoms with Crippen molar-refractivity contribution in [2.75, 3.05) is 31.5 Å². The molecule has 3 N–H and O–H groups in total. The van der Waals surface area contributed by atoms with Crippen molar-refractivity contribution in [3.05, 3.63) is 12.3 Å². The maximum Gasteiger partial charge on any atom is 0.264 e. The molecule has 2 saturated heterocycles. The lowest BCUT2D eigenvalue weighted by molar-refractivity contribution is -0.126. The van der Waals surface area contributed by atoms with Gasteiger partial charge in [0.1, 0.15) is 0 Å². The van der Waals surface area contributed by atoms with Crippen LogP contribution >= 0.6 is 0 Å². The van der Waals surface area contributed by atoms with Gasteiger partial charge >= 0.3 is 0 Å². The fourth-order valence-corrected chi connectivity index (χ4v) is 2.56. The first-order valence-electron chi connectivity index (χ1n) is 6.64. The Kier molecular flexibility index (Phi) is 3.24. The van der Waals surface area contributed by atoms with Crippen molar-refractivity contribution in [3.63, 3.8) is 0 Å². The first-order chi connectivity index (χ1) is 9.17. The smallest absolute Gasteiger partial charge is 0.264 e. The van der Waals surface area contributed by atoms with Gasteiger partial charge in [0, 0.05) is 31.8 Å². The summed E-state index contributed by atoms with van der Waals surface area (Å²) in [5.41, 5.74) is -1.81.